The van der Waals surface area contributed by atoms with Gasteiger partial charge in [0, 0.05) is 12.0 Å². The number of allylic oxidation sites excluding steroid dienone is 2. The molecule has 0 amide bonds. The van der Waals surface area contributed by atoms with Crippen LogP contribution in [0.15, 0.2) is 24.0 Å². The van der Waals surface area contributed by atoms with Crippen molar-refractivity contribution in [2.24, 2.45) is 0 Å². The Morgan fingerprint density at radius 2 is 2.50 bits per heavy atom. The summed E-state index contributed by atoms with van der Waals surface area (Å²) in [7, 11) is 1.46. The molecule has 0 aliphatic heterocycles. The van der Waals surface area contributed by atoms with Gasteiger partial charge in [-0.2, -0.15) is 0 Å². The van der Waals surface area contributed by atoms with Crippen LogP contribution in [0, 0.1) is 0 Å². The Hall–Kier alpha value is -1.09. The van der Waals surface area contributed by atoms with Crippen LogP contribution in [0.5, 0.6) is 0 Å². The van der Waals surface area contributed by atoms with Crippen molar-refractivity contribution in [2.45, 2.75) is 18.9 Å². The number of Topliss-reactive ketones (excluding diaryl/α,β-unsaturated/α-hetero) is 1. The fourth-order valence-corrected chi connectivity index (χ4v) is 1.35. The number of rotatable bonds is 3. The predicted molar refractivity (Wildman–Crippen MR) is 44.5 cm³/mol. The number of carbonyl (C=O) groups is 1. The Labute approximate surface area is 71.3 Å². The van der Waals surface area contributed by atoms with Crippen LogP contribution >= 0.6 is 0 Å². The lowest BCUT2D eigenvalue weighted by Gasteiger charge is -2.06. The second-order valence-electron chi connectivity index (χ2n) is 2.68. The molecule has 3 heteroatoms. The van der Waals surface area contributed by atoms with Crippen molar-refractivity contribution in [3.8, 4) is 0 Å². The first-order chi connectivity index (χ1) is 5.70. The Kier molecular flexibility index (Phi) is 2.65. The van der Waals surface area contributed by atoms with Gasteiger partial charge in [0.15, 0.2) is 5.78 Å². The number of ketones is 1. The van der Waals surface area contributed by atoms with Crippen LogP contribution < -0.4 is 0 Å². The molecule has 1 unspecified atom stereocenters. The minimum Gasteiger partial charge on any atom is -0.498 e. The third-order valence-electron chi connectivity index (χ3n) is 1.88. The molecule has 1 rings (SSSR count). The zero-order valence-electron chi connectivity index (χ0n) is 7.04. The molecular formula is C9H12O3. The third kappa shape index (κ3) is 1.41. The highest BCUT2D eigenvalue weighted by atomic mass is 16.5. The Balaban J connectivity index is 2.92. The summed E-state index contributed by atoms with van der Waals surface area (Å²) in [5.41, 5.74) is 0.556. The van der Waals surface area contributed by atoms with Gasteiger partial charge in [0.1, 0.15) is 11.9 Å². The molecule has 1 atom stereocenters. The van der Waals surface area contributed by atoms with E-state index in [9.17, 15) is 9.90 Å². The summed E-state index contributed by atoms with van der Waals surface area (Å²) >= 11 is 0. The molecule has 66 valence electrons. The maximum atomic E-state index is 11.2. The monoisotopic (exact) mass is 168 g/mol. The van der Waals surface area contributed by atoms with Crippen molar-refractivity contribution in [1.29, 1.82) is 0 Å². The van der Waals surface area contributed by atoms with Crippen molar-refractivity contribution in [3.63, 3.8) is 0 Å². The van der Waals surface area contributed by atoms with Crippen LogP contribution in [-0.2, 0) is 9.53 Å². The van der Waals surface area contributed by atoms with Gasteiger partial charge in [-0.05, 0) is 6.42 Å². The van der Waals surface area contributed by atoms with E-state index in [0.29, 0.717) is 17.8 Å². The molecule has 0 fully saturated rings. The molecule has 0 saturated carbocycles. The van der Waals surface area contributed by atoms with Gasteiger partial charge in [0.05, 0.1) is 7.11 Å². The van der Waals surface area contributed by atoms with Crippen molar-refractivity contribution in [1.82, 2.24) is 0 Å². The summed E-state index contributed by atoms with van der Waals surface area (Å²) in [6.45, 7) is 3.53. The van der Waals surface area contributed by atoms with Gasteiger partial charge in [-0.25, -0.2) is 0 Å². The highest BCUT2D eigenvalue weighted by molar-refractivity contribution is 5.99. The highest BCUT2D eigenvalue weighted by Crippen LogP contribution is 2.26. The van der Waals surface area contributed by atoms with Crippen molar-refractivity contribution >= 4 is 5.78 Å². The number of aliphatic hydroxyl groups excluding tert-OH is 1. The van der Waals surface area contributed by atoms with Crippen LogP contribution in [0.4, 0.5) is 0 Å². The molecule has 0 aromatic rings. The van der Waals surface area contributed by atoms with E-state index in [4.69, 9.17) is 4.74 Å². The first-order valence-electron chi connectivity index (χ1n) is 3.80. The number of hydrogen-bond acceptors (Lipinski definition) is 3. The van der Waals surface area contributed by atoms with Crippen LogP contribution in [0.3, 0.4) is 0 Å². The summed E-state index contributed by atoms with van der Waals surface area (Å²) < 4.78 is 4.92. The largest absolute Gasteiger partial charge is 0.498 e. The van der Waals surface area contributed by atoms with Crippen LogP contribution in [-0.4, -0.2) is 24.1 Å². The standard InChI is InChI=1S/C9H12O3/c1-3-4-6-7(10)5-8(11)9(6)12-2/h3,8,11H,1,4-5H2,2H3. The molecule has 0 bridgehead atoms. The number of methoxy groups -OCH3 is 1. The van der Waals surface area contributed by atoms with Crippen molar-refractivity contribution in [2.75, 3.05) is 7.11 Å². The Bertz CT molecular complexity index is 240. The maximum absolute atomic E-state index is 11.2. The zero-order chi connectivity index (χ0) is 9.14. The second kappa shape index (κ2) is 3.54. The van der Waals surface area contributed by atoms with Crippen molar-refractivity contribution in [3.05, 3.63) is 24.0 Å². The normalized spacial score (nSPS) is 23.2. The number of ether oxygens (including phenoxy) is 1. The van der Waals surface area contributed by atoms with Crippen LogP contribution in [0.1, 0.15) is 12.8 Å². The van der Waals surface area contributed by atoms with Gasteiger partial charge < -0.3 is 9.84 Å². The van der Waals surface area contributed by atoms with E-state index in [2.05, 4.69) is 6.58 Å². The third-order valence-corrected chi connectivity index (χ3v) is 1.88. The smallest absolute Gasteiger partial charge is 0.165 e. The van der Waals surface area contributed by atoms with Gasteiger partial charge in [0.2, 0.25) is 0 Å². The van der Waals surface area contributed by atoms with Gasteiger partial charge >= 0.3 is 0 Å². The van der Waals surface area contributed by atoms with Crippen LogP contribution in [0.25, 0.3) is 0 Å². The molecule has 1 N–H and O–H groups in total. The van der Waals surface area contributed by atoms with E-state index in [0.717, 1.165) is 0 Å². The summed E-state index contributed by atoms with van der Waals surface area (Å²) in [5, 5.41) is 9.32. The van der Waals surface area contributed by atoms with Crippen LogP contribution in [0.2, 0.25) is 0 Å². The average Bonchev–Trinajstić information content (AvgIpc) is 2.28. The van der Waals surface area contributed by atoms with E-state index >= 15 is 0 Å². The minimum absolute atomic E-state index is 0.0424. The number of carbonyl (C=O) groups excluding carboxylic acids is 1. The van der Waals surface area contributed by atoms with E-state index in [1.807, 2.05) is 0 Å². The lowest BCUT2D eigenvalue weighted by Crippen LogP contribution is -2.06. The fraction of sp³-hybridized carbons (Fsp3) is 0.444. The van der Waals surface area contributed by atoms with E-state index in [1.165, 1.54) is 7.11 Å². The van der Waals surface area contributed by atoms with E-state index < -0.39 is 6.10 Å². The first kappa shape index (κ1) is 9.00. The quantitative estimate of drug-likeness (QED) is 0.634. The molecule has 0 saturated heterocycles. The Morgan fingerprint density at radius 3 is 3.00 bits per heavy atom. The average molecular weight is 168 g/mol. The first-order valence-corrected chi connectivity index (χ1v) is 3.80. The predicted octanol–water partition coefficient (Wildman–Crippen LogP) is 0.797. The highest BCUT2D eigenvalue weighted by Gasteiger charge is 2.30. The summed E-state index contributed by atoms with van der Waals surface area (Å²) in [6.07, 6.45) is 1.49. The molecule has 0 radical (unpaired) electrons. The van der Waals surface area contributed by atoms with E-state index in [-0.39, 0.29) is 12.2 Å². The SMILES string of the molecule is C=CCC1=C(OC)C(O)CC1=O. The van der Waals surface area contributed by atoms with Gasteiger partial charge in [-0.1, -0.05) is 6.08 Å². The lowest BCUT2D eigenvalue weighted by molar-refractivity contribution is -0.115. The van der Waals surface area contributed by atoms with Crippen molar-refractivity contribution < 1.29 is 14.6 Å². The zero-order valence-corrected chi connectivity index (χ0v) is 7.04. The molecule has 0 heterocycles. The Morgan fingerprint density at radius 1 is 1.83 bits per heavy atom. The topological polar surface area (TPSA) is 46.5 Å². The molecular weight excluding hydrogens is 156 g/mol. The molecule has 0 spiro atoms. The molecule has 1 aliphatic carbocycles. The van der Waals surface area contributed by atoms with Gasteiger partial charge in [-0.15, -0.1) is 6.58 Å². The lowest BCUT2D eigenvalue weighted by atomic mass is 10.1. The molecule has 3 nitrogen and oxygen atoms in total. The minimum atomic E-state index is -0.752. The maximum Gasteiger partial charge on any atom is 0.165 e. The second-order valence-corrected chi connectivity index (χ2v) is 2.68. The molecule has 0 aromatic heterocycles. The fourth-order valence-electron chi connectivity index (χ4n) is 1.35. The summed E-state index contributed by atoms with van der Waals surface area (Å²) in [4.78, 5) is 11.2. The molecule has 1 aliphatic rings. The van der Waals surface area contributed by atoms with Gasteiger partial charge in [-0.3, -0.25) is 4.79 Å². The van der Waals surface area contributed by atoms with E-state index in [1.54, 1.807) is 6.08 Å². The molecule has 12 heavy (non-hydrogen) atoms. The number of hydrogen-bond donors (Lipinski definition) is 1. The summed E-state index contributed by atoms with van der Waals surface area (Å²) in [6, 6.07) is 0. The summed E-state index contributed by atoms with van der Waals surface area (Å²) in [5.74, 6) is 0.360. The van der Waals surface area contributed by atoms with Gasteiger partial charge in [0.25, 0.3) is 0 Å². The number of aliphatic hydroxyl groups is 1. The molecule has 0 aromatic carbocycles.